The van der Waals surface area contributed by atoms with Crippen molar-refractivity contribution in [1.82, 2.24) is 10.5 Å². The zero-order valence-electron chi connectivity index (χ0n) is 7.57. The number of carboxylic acid groups (broad SMARTS) is 1. The summed E-state index contributed by atoms with van der Waals surface area (Å²) in [6, 6.07) is 0.284. The average molecular weight is 184 g/mol. The summed E-state index contributed by atoms with van der Waals surface area (Å²) in [5.74, 6) is -0.650. The number of aromatic carboxylic acids is 1. The van der Waals surface area contributed by atoms with Crippen molar-refractivity contribution in [1.29, 1.82) is 0 Å². The summed E-state index contributed by atoms with van der Waals surface area (Å²) in [7, 11) is 0. The Morgan fingerprint density at radius 3 is 3.00 bits per heavy atom. The minimum atomic E-state index is -1.01. The quantitative estimate of drug-likeness (QED) is 0.726. The fourth-order valence-electron chi connectivity index (χ4n) is 0.863. The van der Waals surface area contributed by atoms with E-state index in [-0.39, 0.29) is 11.6 Å². The second kappa shape index (κ2) is 4.04. The van der Waals surface area contributed by atoms with Crippen LogP contribution >= 0.6 is 0 Å². The number of rotatable bonds is 4. The van der Waals surface area contributed by atoms with Gasteiger partial charge in [-0.25, -0.2) is 4.79 Å². The van der Waals surface area contributed by atoms with Crippen molar-refractivity contribution in [2.45, 2.75) is 26.4 Å². The standard InChI is InChI=1S/C8H12N2O3/c1-5(2)9-4-7-6(8(11)12)3-10-13-7/h3,5,9H,4H2,1-2H3,(H,11,12). The molecule has 1 heterocycles. The number of hydrogen-bond acceptors (Lipinski definition) is 4. The zero-order valence-corrected chi connectivity index (χ0v) is 7.57. The Morgan fingerprint density at radius 2 is 2.46 bits per heavy atom. The average Bonchev–Trinajstić information content (AvgIpc) is 2.47. The van der Waals surface area contributed by atoms with Gasteiger partial charge in [-0.3, -0.25) is 0 Å². The highest BCUT2D eigenvalue weighted by Crippen LogP contribution is 2.07. The lowest BCUT2D eigenvalue weighted by atomic mass is 10.2. The highest BCUT2D eigenvalue weighted by Gasteiger charge is 2.14. The van der Waals surface area contributed by atoms with E-state index in [0.717, 1.165) is 0 Å². The molecule has 0 saturated heterocycles. The van der Waals surface area contributed by atoms with E-state index in [9.17, 15) is 4.79 Å². The number of hydrogen-bond donors (Lipinski definition) is 2. The number of aromatic nitrogens is 1. The molecule has 72 valence electrons. The number of nitrogens with one attached hydrogen (secondary N) is 1. The smallest absolute Gasteiger partial charge is 0.341 e. The van der Waals surface area contributed by atoms with Crippen LogP contribution < -0.4 is 5.32 Å². The summed E-state index contributed by atoms with van der Waals surface area (Å²) >= 11 is 0. The third-order valence-electron chi connectivity index (χ3n) is 1.55. The highest BCUT2D eigenvalue weighted by atomic mass is 16.5. The Morgan fingerprint density at radius 1 is 1.77 bits per heavy atom. The van der Waals surface area contributed by atoms with Gasteiger partial charge in [0.05, 0.1) is 12.7 Å². The fourth-order valence-corrected chi connectivity index (χ4v) is 0.863. The van der Waals surface area contributed by atoms with Crippen molar-refractivity contribution >= 4 is 5.97 Å². The van der Waals surface area contributed by atoms with Gasteiger partial charge < -0.3 is 14.9 Å². The van der Waals surface area contributed by atoms with Crippen LogP contribution in [0.4, 0.5) is 0 Å². The van der Waals surface area contributed by atoms with E-state index in [0.29, 0.717) is 12.3 Å². The molecule has 5 nitrogen and oxygen atoms in total. The second-order valence-electron chi connectivity index (χ2n) is 3.00. The van der Waals surface area contributed by atoms with Crippen LogP contribution in [0.5, 0.6) is 0 Å². The first-order chi connectivity index (χ1) is 6.11. The van der Waals surface area contributed by atoms with Gasteiger partial charge in [0, 0.05) is 6.04 Å². The zero-order chi connectivity index (χ0) is 9.84. The number of carbonyl (C=O) groups is 1. The predicted molar refractivity (Wildman–Crippen MR) is 45.4 cm³/mol. The largest absolute Gasteiger partial charge is 0.478 e. The lowest BCUT2D eigenvalue weighted by Gasteiger charge is -2.04. The van der Waals surface area contributed by atoms with Gasteiger partial charge in [0.15, 0.2) is 5.76 Å². The first-order valence-electron chi connectivity index (χ1n) is 4.01. The van der Waals surface area contributed by atoms with Crippen LogP contribution in [0.15, 0.2) is 10.7 Å². The van der Waals surface area contributed by atoms with Crippen LogP contribution in [-0.2, 0) is 6.54 Å². The van der Waals surface area contributed by atoms with E-state index in [2.05, 4.69) is 10.5 Å². The molecule has 0 aliphatic carbocycles. The van der Waals surface area contributed by atoms with Crippen molar-refractivity contribution in [2.75, 3.05) is 0 Å². The van der Waals surface area contributed by atoms with Crippen molar-refractivity contribution in [3.8, 4) is 0 Å². The Hall–Kier alpha value is -1.36. The Kier molecular flexibility index (Phi) is 3.02. The molecule has 0 radical (unpaired) electrons. The van der Waals surface area contributed by atoms with Crippen molar-refractivity contribution in [3.05, 3.63) is 17.5 Å². The second-order valence-corrected chi connectivity index (χ2v) is 3.00. The number of carboxylic acids is 1. The maximum absolute atomic E-state index is 10.6. The van der Waals surface area contributed by atoms with E-state index < -0.39 is 5.97 Å². The minimum absolute atomic E-state index is 0.119. The van der Waals surface area contributed by atoms with Gasteiger partial charge >= 0.3 is 5.97 Å². The molecule has 0 fully saturated rings. The van der Waals surface area contributed by atoms with Crippen LogP contribution in [0.1, 0.15) is 30.0 Å². The van der Waals surface area contributed by atoms with E-state index in [1.165, 1.54) is 6.20 Å². The van der Waals surface area contributed by atoms with Crippen molar-refractivity contribution in [2.24, 2.45) is 0 Å². The molecule has 13 heavy (non-hydrogen) atoms. The third-order valence-corrected chi connectivity index (χ3v) is 1.55. The Labute approximate surface area is 75.7 Å². The Balaban J connectivity index is 2.65. The topological polar surface area (TPSA) is 75.4 Å². The molecule has 0 amide bonds. The molecule has 0 spiro atoms. The fraction of sp³-hybridized carbons (Fsp3) is 0.500. The third kappa shape index (κ3) is 2.55. The predicted octanol–water partition coefficient (Wildman–Crippen LogP) is 0.871. The summed E-state index contributed by atoms with van der Waals surface area (Å²) in [6.45, 7) is 4.33. The van der Waals surface area contributed by atoms with Crippen LogP contribution in [-0.4, -0.2) is 22.3 Å². The molecule has 1 aromatic heterocycles. The molecule has 0 aromatic carbocycles. The molecular formula is C8H12N2O3. The van der Waals surface area contributed by atoms with Gasteiger partial charge in [-0.15, -0.1) is 0 Å². The normalized spacial score (nSPS) is 10.7. The SMILES string of the molecule is CC(C)NCc1oncc1C(=O)O. The molecule has 2 N–H and O–H groups in total. The molecular weight excluding hydrogens is 172 g/mol. The minimum Gasteiger partial charge on any atom is -0.478 e. The molecule has 0 bridgehead atoms. The van der Waals surface area contributed by atoms with Gasteiger partial charge in [0.25, 0.3) is 0 Å². The Bertz CT molecular complexity index is 293. The van der Waals surface area contributed by atoms with Crippen LogP contribution in [0.3, 0.4) is 0 Å². The monoisotopic (exact) mass is 184 g/mol. The van der Waals surface area contributed by atoms with E-state index in [1.807, 2.05) is 13.8 Å². The van der Waals surface area contributed by atoms with Crippen LogP contribution in [0.25, 0.3) is 0 Å². The van der Waals surface area contributed by atoms with Crippen molar-refractivity contribution < 1.29 is 14.4 Å². The molecule has 1 aromatic rings. The summed E-state index contributed by atoms with van der Waals surface area (Å²) in [5.41, 5.74) is 0.119. The maximum atomic E-state index is 10.6. The summed E-state index contributed by atoms with van der Waals surface area (Å²) < 4.78 is 4.78. The first kappa shape index (κ1) is 9.73. The molecule has 5 heteroatoms. The number of nitrogens with zero attached hydrogens (tertiary/aromatic N) is 1. The molecule has 1 rings (SSSR count). The highest BCUT2D eigenvalue weighted by molar-refractivity contribution is 5.88. The first-order valence-corrected chi connectivity index (χ1v) is 4.01. The van der Waals surface area contributed by atoms with Gasteiger partial charge in [-0.05, 0) is 0 Å². The van der Waals surface area contributed by atoms with Crippen molar-refractivity contribution in [3.63, 3.8) is 0 Å². The van der Waals surface area contributed by atoms with Gasteiger partial charge in [0.1, 0.15) is 5.56 Å². The lowest BCUT2D eigenvalue weighted by molar-refractivity contribution is 0.0694. The molecule has 0 saturated carbocycles. The summed E-state index contributed by atoms with van der Waals surface area (Å²) in [6.07, 6.45) is 1.21. The molecule has 0 atom stereocenters. The van der Waals surface area contributed by atoms with E-state index >= 15 is 0 Å². The van der Waals surface area contributed by atoms with Gasteiger partial charge in [0.2, 0.25) is 0 Å². The molecule has 0 unspecified atom stereocenters. The van der Waals surface area contributed by atoms with Crippen LogP contribution in [0, 0.1) is 0 Å². The van der Waals surface area contributed by atoms with Gasteiger partial charge in [-0.1, -0.05) is 19.0 Å². The molecule has 0 aliphatic rings. The summed E-state index contributed by atoms with van der Waals surface area (Å²) in [4.78, 5) is 10.6. The molecule has 0 aliphatic heterocycles. The summed E-state index contributed by atoms with van der Waals surface area (Å²) in [5, 5.41) is 15.2. The lowest BCUT2D eigenvalue weighted by Crippen LogP contribution is -2.22. The van der Waals surface area contributed by atoms with E-state index in [4.69, 9.17) is 9.63 Å². The van der Waals surface area contributed by atoms with E-state index in [1.54, 1.807) is 0 Å². The maximum Gasteiger partial charge on any atom is 0.341 e. The van der Waals surface area contributed by atoms with Crippen LogP contribution in [0.2, 0.25) is 0 Å². The van der Waals surface area contributed by atoms with Gasteiger partial charge in [-0.2, -0.15) is 0 Å².